The van der Waals surface area contributed by atoms with E-state index in [0.717, 1.165) is 18.4 Å². The van der Waals surface area contributed by atoms with Crippen LogP contribution in [0.4, 0.5) is 0 Å². The van der Waals surface area contributed by atoms with E-state index >= 15 is 0 Å². The van der Waals surface area contributed by atoms with Gasteiger partial charge in [0.25, 0.3) is 5.91 Å². The third kappa shape index (κ3) is 6.07. The van der Waals surface area contributed by atoms with Crippen LogP contribution in [-0.4, -0.2) is 34.0 Å². The van der Waals surface area contributed by atoms with Gasteiger partial charge < -0.3 is 10.1 Å². The molecule has 0 saturated carbocycles. The van der Waals surface area contributed by atoms with Crippen molar-refractivity contribution in [2.75, 3.05) is 13.7 Å². The number of ether oxygens (including phenoxy) is 1. The Balaban J connectivity index is 2.15. The van der Waals surface area contributed by atoms with E-state index in [9.17, 15) is 13.2 Å². The zero-order valence-corrected chi connectivity index (χ0v) is 17.4. The fourth-order valence-electron chi connectivity index (χ4n) is 2.89. The van der Waals surface area contributed by atoms with Gasteiger partial charge in [-0.05, 0) is 43.5 Å². The van der Waals surface area contributed by atoms with Crippen LogP contribution in [0.15, 0.2) is 53.4 Å². The van der Waals surface area contributed by atoms with E-state index in [-0.39, 0.29) is 34.7 Å². The number of rotatable bonds is 10. The molecule has 2 N–H and O–H groups in total. The Hall–Kier alpha value is -2.38. The number of benzene rings is 2. The molecule has 2 aromatic rings. The molecule has 2 rings (SSSR count). The molecule has 2 aromatic carbocycles. The van der Waals surface area contributed by atoms with E-state index in [1.54, 1.807) is 6.07 Å². The van der Waals surface area contributed by atoms with Crippen molar-refractivity contribution in [3.8, 4) is 5.75 Å². The molecule has 0 aliphatic rings. The number of carbonyl (C=O) groups excluding carboxylic acids is 1. The van der Waals surface area contributed by atoms with Crippen LogP contribution in [0.1, 0.15) is 42.6 Å². The summed E-state index contributed by atoms with van der Waals surface area (Å²) in [7, 11) is -2.42. The standard InChI is InChI=1S/C21H28N2O4S/c1-4-8-16(2)23-21(24)18-11-12-19(27-3)20(15-18)28(25,26)22-14-13-17-9-6-5-7-10-17/h5-7,9-12,15-16,22H,4,8,13-14H2,1-3H3,(H,23,24). The molecule has 0 aliphatic heterocycles. The Morgan fingerprint density at radius 1 is 1.14 bits per heavy atom. The van der Waals surface area contributed by atoms with Crippen LogP contribution in [0.25, 0.3) is 0 Å². The van der Waals surface area contributed by atoms with Crippen molar-refractivity contribution in [3.05, 3.63) is 59.7 Å². The molecule has 0 aliphatic carbocycles. The number of amides is 1. The van der Waals surface area contributed by atoms with E-state index in [1.807, 2.05) is 44.2 Å². The average Bonchev–Trinajstić information content (AvgIpc) is 2.68. The summed E-state index contributed by atoms with van der Waals surface area (Å²) in [6, 6.07) is 14.1. The molecule has 0 radical (unpaired) electrons. The van der Waals surface area contributed by atoms with E-state index in [0.29, 0.717) is 6.42 Å². The average molecular weight is 405 g/mol. The lowest BCUT2D eigenvalue weighted by molar-refractivity contribution is 0.0938. The van der Waals surface area contributed by atoms with Crippen molar-refractivity contribution in [2.24, 2.45) is 0 Å². The lowest BCUT2D eigenvalue weighted by Crippen LogP contribution is -2.32. The summed E-state index contributed by atoms with van der Waals surface area (Å²) in [5, 5.41) is 2.88. The van der Waals surface area contributed by atoms with Crippen LogP contribution < -0.4 is 14.8 Å². The number of hydrogen-bond acceptors (Lipinski definition) is 4. The summed E-state index contributed by atoms with van der Waals surface area (Å²) in [4.78, 5) is 12.4. The van der Waals surface area contributed by atoms with Crippen molar-refractivity contribution in [2.45, 2.75) is 44.0 Å². The topological polar surface area (TPSA) is 84.5 Å². The summed E-state index contributed by atoms with van der Waals surface area (Å²) in [6.45, 7) is 4.22. The van der Waals surface area contributed by atoms with Gasteiger partial charge in [0.15, 0.2) is 0 Å². The summed E-state index contributed by atoms with van der Waals surface area (Å²) in [6.07, 6.45) is 2.38. The molecule has 0 aromatic heterocycles. The van der Waals surface area contributed by atoms with Crippen LogP contribution in [0, 0.1) is 0 Å². The number of hydrogen-bond donors (Lipinski definition) is 2. The van der Waals surface area contributed by atoms with Gasteiger partial charge in [0.1, 0.15) is 10.6 Å². The first kappa shape index (κ1) is 21.9. The second-order valence-corrected chi connectivity index (χ2v) is 8.40. The van der Waals surface area contributed by atoms with Gasteiger partial charge in [-0.3, -0.25) is 4.79 Å². The van der Waals surface area contributed by atoms with Gasteiger partial charge >= 0.3 is 0 Å². The predicted octanol–water partition coefficient (Wildman–Crippen LogP) is 3.13. The van der Waals surface area contributed by atoms with Gasteiger partial charge in [-0.25, -0.2) is 13.1 Å². The first-order valence-electron chi connectivity index (χ1n) is 9.40. The highest BCUT2D eigenvalue weighted by Gasteiger charge is 2.22. The molecule has 0 spiro atoms. The second-order valence-electron chi connectivity index (χ2n) is 6.66. The molecule has 0 saturated heterocycles. The molecule has 0 heterocycles. The maximum Gasteiger partial charge on any atom is 0.251 e. The minimum absolute atomic E-state index is 0.0173. The van der Waals surface area contributed by atoms with Crippen LogP contribution in [0.5, 0.6) is 5.75 Å². The molecular formula is C21H28N2O4S. The van der Waals surface area contributed by atoms with Gasteiger partial charge in [-0.15, -0.1) is 0 Å². The second kappa shape index (κ2) is 10.2. The third-order valence-electron chi connectivity index (χ3n) is 4.36. The van der Waals surface area contributed by atoms with Crippen molar-refractivity contribution >= 4 is 15.9 Å². The Bertz CT molecular complexity index is 883. The molecular weight excluding hydrogens is 376 g/mol. The maximum atomic E-state index is 12.8. The molecule has 7 heteroatoms. The van der Waals surface area contributed by atoms with Crippen molar-refractivity contribution in [3.63, 3.8) is 0 Å². The Morgan fingerprint density at radius 3 is 2.50 bits per heavy atom. The van der Waals surface area contributed by atoms with Gasteiger partial charge in [-0.2, -0.15) is 0 Å². The Labute approximate surface area is 167 Å². The fraction of sp³-hybridized carbons (Fsp3) is 0.381. The first-order chi connectivity index (χ1) is 13.4. The lowest BCUT2D eigenvalue weighted by atomic mass is 10.1. The smallest absolute Gasteiger partial charge is 0.251 e. The van der Waals surface area contributed by atoms with Crippen LogP contribution in [0.3, 0.4) is 0 Å². The molecule has 1 atom stereocenters. The highest BCUT2D eigenvalue weighted by molar-refractivity contribution is 7.89. The third-order valence-corrected chi connectivity index (χ3v) is 5.85. The molecule has 0 fully saturated rings. The van der Waals surface area contributed by atoms with Crippen LogP contribution in [0.2, 0.25) is 0 Å². The summed E-state index contributed by atoms with van der Waals surface area (Å²) in [5.41, 5.74) is 1.32. The highest BCUT2D eigenvalue weighted by atomic mass is 32.2. The predicted molar refractivity (Wildman–Crippen MR) is 110 cm³/mol. The number of sulfonamides is 1. The van der Waals surface area contributed by atoms with Gasteiger partial charge in [0, 0.05) is 18.2 Å². The summed E-state index contributed by atoms with van der Waals surface area (Å²) in [5.74, 6) is -0.102. The molecule has 1 unspecified atom stereocenters. The molecule has 0 bridgehead atoms. The highest BCUT2D eigenvalue weighted by Crippen LogP contribution is 2.25. The zero-order valence-electron chi connectivity index (χ0n) is 16.6. The van der Waals surface area contributed by atoms with Gasteiger partial charge in [-0.1, -0.05) is 43.7 Å². The maximum absolute atomic E-state index is 12.8. The Morgan fingerprint density at radius 2 is 1.86 bits per heavy atom. The normalized spacial score (nSPS) is 12.4. The molecule has 152 valence electrons. The lowest BCUT2D eigenvalue weighted by Gasteiger charge is -2.15. The van der Waals surface area contributed by atoms with Gasteiger partial charge in [0.2, 0.25) is 10.0 Å². The molecule has 6 nitrogen and oxygen atoms in total. The summed E-state index contributed by atoms with van der Waals surface area (Å²) >= 11 is 0. The number of nitrogens with one attached hydrogen (secondary N) is 2. The van der Waals surface area contributed by atoms with Gasteiger partial charge in [0.05, 0.1) is 7.11 Å². The Kier molecular flexibility index (Phi) is 8.02. The minimum Gasteiger partial charge on any atom is -0.495 e. The fourth-order valence-corrected chi connectivity index (χ4v) is 4.12. The van der Waals surface area contributed by atoms with E-state index < -0.39 is 10.0 Å². The minimum atomic E-state index is -3.82. The quantitative estimate of drug-likeness (QED) is 0.637. The van der Waals surface area contributed by atoms with Crippen molar-refractivity contribution in [1.29, 1.82) is 0 Å². The first-order valence-corrected chi connectivity index (χ1v) is 10.9. The SMILES string of the molecule is CCCC(C)NC(=O)c1ccc(OC)c(S(=O)(=O)NCCc2ccccc2)c1. The van der Waals surface area contributed by atoms with E-state index in [1.165, 1.54) is 19.2 Å². The van der Waals surface area contributed by atoms with Crippen molar-refractivity contribution in [1.82, 2.24) is 10.0 Å². The summed E-state index contributed by atoms with van der Waals surface area (Å²) < 4.78 is 33.3. The van der Waals surface area contributed by atoms with E-state index in [4.69, 9.17) is 4.74 Å². The van der Waals surface area contributed by atoms with Crippen LogP contribution >= 0.6 is 0 Å². The van der Waals surface area contributed by atoms with Crippen molar-refractivity contribution < 1.29 is 17.9 Å². The zero-order chi connectivity index (χ0) is 20.6. The number of carbonyl (C=O) groups is 1. The monoisotopic (exact) mass is 404 g/mol. The molecule has 1 amide bonds. The largest absolute Gasteiger partial charge is 0.495 e. The number of methoxy groups -OCH3 is 1. The molecule has 28 heavy (non-hydrogen) atoms. The van der Waals surface area contributed by atoms with Crippen LogP contribution in [-0.2, 0) is 16.4 Å². The van der Waals surface area contributed by atoms with E-state index in [2.05, 4.69) is 10.0 Å².